The van der Waals surface area contributed by atoms with E-state index in [0.717, 1.165) is 28.6 Å². The molecule has 8 heteroatoms. The number of esters is 1. The summed E-state index contributed by atoms with van der Waals surface area (Å²) in [6.45, 7) is 3.82. The molecule has 0 spiro atoms. The summed E-state index contributed by atoms with van der Waals surface area (Å²) in [5, 5.41) is 1.59. The van der Waals surface area contributed by atoms with Gasteiger partial charge in [-0.3, -0.25) is 24.7 Å². The first kappa shape index (κ1) is 20.9. The van der Waals surface area contributed by atoms with Crippen molar-refractivity contribution in [2.75, 3.05) is 13.2 Å². The molecule has 1 saturated heterocycles. The number of thioether (sulfide) groups is 1. The molecular formula is C21H22N2O5S. The van der Waals surface area contributed by atoms with Gasteiger partial charge in [0, 0.05) is 13.1 Å². The van der Waals surface area contributed by atoms with E-state index in [9.17, 15) is 14.4 Å². The van der Waals surface area contributed by atoms with Crippen molar-refractivity contribution in [3.05, 3.63) is 59.4 Å². The monoisotopic (exact) mass is 414 g/mol. The molecule has 1 N–H and O–H groups in total. The van der Waals surface area contributed by atoms with Crippen LogP contribution in [-0.4, -0.2) is 40.6 Å². The van der Waals surface area contributed by atoms with E-state index >= 15 is 0 Å². The molecule has 2 amide bonds. The fourth-order valence-corrected chi connectivity index (χ4v) is 3.87. The molecule has 0 saturated carbocycles. The maximum absolute atomic E-state index is 11.7. The molecule has 29 heavy (non-hydrogen) atoms. The number of hydrogen-bond donors (Lipinski definition) is 1. The summed E-state index contributed by atoms with van der Waals surface area (Å²) < 4.78 is 11.1. The number of nitrogens with one attached hydrogen (secondary N) is 1. The van der Waals surface area contributed by atoms with Crippen molar-refractivity contribution >= 4 is 28.9 Å². The number of benzene rings is 1. The van der Waals surface area contributed by atoms with Crippen LogP contribution in [0.15, 0.2) is 42.6 Å². The molecule has 1 aliphatic heterocycles. The van der Waals surface area contributed by atoms with E-state index in [2.05, 4.69) is 10.3 Å². The van der Waals surface area contributed by atoms with Crippen LogP contribution in [0.4, 0.5) is 4.79 Å². The maximum atomic E-state index is 11.7. The summed E-state index contributed by atoms with van der Waals surface area (Å²) in [4.78, 5) is 38.6. The minimum Gasteiger partial charge on any atom is -0.493 e. The zero-order chi connectivity index (χ0) is 20.8. The number of ether oxygens (including phenoxy) is 2. The number of amides is 2. The van der Waals surface area contributed by atoms with E-state index in [-0.39, 0.29) is 29.6 Å². The SMILES string of the molecule is CC(=O)OCC(COc1ccc(CC2SC(=O)NC2=O)cc1)c1ncccc1C. The van der Waals surface area contributed by atoms with Crippen LogP contribution >= 0.6 is 11.8 Å². The molecule has 0 aliphatic carbocycles. The third-order valence-electron chi connectivity index (χ3n) is 4.49. The highest BCUT2D eigenvalue weighted by atomic mass is 32.2. The summed E-state index contributed by atoms with van der Waals surface area (Å²) in [5.41, 5.74) is 2.78. The maximum Gasteiger partial charge on any atom is 0.302 e. The minimum atomic E-state index is -0.394. The molecule has 0 radical (unpaired) electrons. The van der Waals surface area contributed by atoms with Gasteiger partial charge in [0.2, 0.25) is 5.91 Å². The van der Waals surface area contributed by atoms with Gasteiger partial charge in [-0.1, -0.05) is 30.0 Å². The van der Waals surface area contributed by atoms with Gasteiger partial charge in [0.15, 0.2) is 0 Å². The molecule has 152 valence electrons. The fourth-order valence-electron chi connectivity index (χ4n) is 3.01. The Morgan fingerprint density at radius 2 is 1.97 bits per heavy atom. The Bertz CT molecular complexity index is 900. The molecule has 1 aromatic carbocycles. The molecule has 0 bridgehead atoms. The van der Waals surface area contributed by atoms with Crippen LogP contribution in [0.2, 0.25) is 0 Å². The van der Waals surface area contributed by atoms with Crippen molar-refractivity contribution in [1.29, 1.82) is 0 Å². The van der Waals surface area contributed by atoms with Crippen molar-refractivity contribution in [3.8, 4) is 5.75 Å². The number of nitrogens with zero attached hydrogens (tertiary/aromatic N) is 1. The van der Waals surface area contributed by atoms with Gasteiger partial charge >= 0.3 is 5.97 Å². The van der Waals surface area contributed by atoms with Crippen LogP contribution in [-0.2, 0) is 20.7 Å². The molecule has 1 aromatic heterocycles. The van der Waals surface area contributed by atoms with Gasteiger partial charge in [-0.2, -0.15) is 0 Å². The van der Waals surface area contributed by atoms with Crippen molar-refractivity contribution in [3.63, 3.8) is 0 Å². The predicted octanol–water partition coefficient (Wildman–Crippen LogP) is 3.01. The standard InChI is InChI=1S/C21H22N2O5S/c1-13-4-3-9-22-19(13)16(11-27-14(2)24)12-28-17-7-5-15(6-8-17)10-18-20(25)23-21(26)29-18/h3-9,16,18H,10-12H2,1-2H3,(H,23,25,26). The Labute approximate surface area is 173 Å². The predicted molar refractivity (Wildman–Crippen MR) is 109 cm³/mol. The van der Waals surface area contributed by atoms with E-state index in [0.29, 0.717) is 18.8 Å². The number of aromatic nitrogens is 1. The number of pyridine rings is 1. The number of carbonyl (C=O) groups excluding carboxylic acids is 3. The normalized spacial score (nSPS) is 17.0. The van der Waals surface area contributed by atoms with Crippen molar-refractivity contribution in [2.45, 2.75) is 31.4 Å². The van der Waals surface area contributed by atoms with E-state index in [4.69, 9.17) is 9.47 Å². The summed E-state index contributed by atoms with van der Waals surface area (Å²) in [5.74, 6) is -0.126. The highest BCUT2D eigenvalue weighted by Crippen LogP contribution is 2.25. The molecular weight excluding hydrogens is 392 g/mol. The zero-order valence-electron chi connectivity index (χ0n) is 16.2. The second kappa shape index (κ2) is 9.56. The second-order valence-corrected chi connectivity index (χ2v) is 7.92. The molecule has 2 atom stereocenters. The van der Waals surface area contributed by atoms with Crippen LogP contribution < -0.4 is 10.1 Å². The zero-order valence-corrected chi connectivity index (χ0v) is 17.0. The average molecular weight is 414 g/mol. The topological polar surface area (TPSA) is 94.6 Å². The smallest absolute Gasteiger partial charge is 0.302 e. The molecule has 1 aliphatic rings. The molecule has 7 nitrogen and oxygen atoms in total. The Morgan fingerprint density at radius 3 is 2.59 bits per heavy atom. The van der Waals surface area contributed by atoms with E-state index < -0.39 is 5.25 Å². The minimum absolute atomic E-state index is 0.188. The molecule has 2 heterocycles. The van der Waals surface area contributed by atoms with Gasteiger partial charge in [-0.25, -0.2) is 0 Å². The third kappa shape index (κ3) is 5.80. The first-order chi connectivity index (χ1) is 13.9. The Balaban J connectivity index is 1.61. The lowest BCUT2D eigenvalue weighted by Crippen LogP contribution is -2.25. The molecule has 2 unspecified atom stereocenters. The van der Waals surface area contributed by atoms with Gasteiger partial charge in [-0.05, 0) is 42.7 Å². The van der Waals surface area contributed by atoms with Crippen molar-refractivity contribution in [1.82, 2.24) is 10.3 Å². The highest BCUT2D eigenvalue weighted by molar-refractivity contribution is 8.15. The molecule has 2 aromatic rings. The van der Waals surface area contributed by atoms with Crippen molar-refractivity contribution in [2.24, 2.45) is 0 Å². The fraction of sp³-hybridized carbons (Fsp3) is 0.333. The summed E-state index contributed by atoms with van der Waals surface area (Å²) in [7, 11) is 0. The Kier molecular flexibility index (Phi) is 6.87. The van der Waals surface area contributed by atoms with Crippen molar-refractivity contribution < 1.29 is 23.9 Å². The van der Waals surface area contributed by atoms with Gasteiger partial charge in [0.25, 0.3) is 5.24 Å². The van der Waals surface area contributed by atoms with E-state index in [1.165, 1.54) is 6.92 Å². The van der Waals surface area contributed by atoms with Gasteiger partial charge in [0.1, 0.15) is 12.4 Å². The summed E-state index contributed by atoms with van der Waals surface area (Å²) in [6, 6.07) is 11.2. The Morgan fingerprint density at radius 1 is 1.21 bits per heavy atom. The lowest BCUT2D eigenvalue weighted by Gasteiger charge is -2.19. The van der Waals surface area contributed by atoms with Gasteiger partial charge in [-0.15, -0.1) is 0 Å². The van der Waals surface area contributed by atoms with E-state index in [1.54, 1.807) is 6.20 Å². The molecule has 3 rings (SSSR count). The lowest BCUT2D eigenvalue weighted by molar-refractivity contribution is -0.141. The number of imide groups is 1. The third-order valence-corrected chi connectivity index (χ3v) is 5.47. The highest BCUT2D eigenvalue weighted by Gasteiger charge is 2.31. The average Bonchev–Trinajstić information content (AvgIpc) is 3.00. The molecule has 1 fully saturated rings. The van der Waals surface area contributed by atoms with Gasteiger partial charge in [0.05, 0.1) is 23.5 Å². The summed E-state index contributed by atoms with van der Waals surface area (Å²) in [6.07, 6.45) is 2.19. The van der Waals surface area contributed by atoms with Crippen LogP contribution in [0.1, 0.15) is 29.7 Å². The van der Waals surface area contributed by atoms with Crippen LogP contribution in [0, 0.1) is 6.92 Å². The quantitative estimate of drug-likeness (QED) is 0.664. The second-order valence-electron chi connectivity index (χ2n) is 6.75. The van der Waals surface area contributed by atoms with E-state index in [1.807, 2.05) is 43.3 Å². The number of carbonyl (C=O) groups is 3. The number of rotatable bonds is 8. The largest absolute Gasteiger partial charge is 0.493 e. The van der Waals surface area contributed by atoms with Crippen LogP contribution in [0.25, 0.3) is 0 Å². The van der Waals surface area contributed by atoms with Crippen LogP contribution in [0.5, 0.6) is 5.75 Å². The lowest BCUT2D eigenvalue weighted by atomic mass is 10.0. The van der Waals surface area contributed by atoms with Gasteiger partial charge < -0.3 is 9.47 Å². The first-order valence-corrected chi connectivity index (χ1v) is 10.1. The van der Waals surface area contributed by atoms with Crippen LogP contribution in [0.3, 0.4) is 0 Å². The number of aryl methyl sites for hydroxylation is 1. The summed E-state index contributed by atoms with van der Waals surface area (Å²) >= 11 is 1.01. The Hall–Kier alpha value is -2.87. The number of hydrogen-bond acceptors (Lipinski definition) is 7. The first-order valence-electron chi connectivity index (χ1n) is 9.20.